The predicted octanol–water partition coefficient (Wildman–Crippen LogP) is 3.50. The highest BCUT2D eigenvalue weighted by atomic mass is 31.2. The fourth-order valence-corrected chi connectivity index (χ4v) is 5.72. The second kappa shape index (κ2) is 7.28. The van der Waals surface area contributed by atoms with E-state index >= 15 is 0 Å². The van der Waals surface area contributed by atoms with Gasteiger partial charge in [0, 0.05) is 44.2 Å². The molecule has 0 N–H and O–H groups in total. The molecule has 5 rings (SSSR count). The molecule has 158 valence electrons. The molecule has 12 heteroatoms. The van der Waals surface area contributed by atoms with Crippen molar-refractivity contribution in [3.8, 4) is 17.2 Å². The zero-order valence-corrected chi connectivity index (χ0v) is 16.7. The summed E-state index contributed by atoms with van der Waals surface area (Å²) in [7, 11) is -3.11. The van der Waals surface area contributed by atoms with Crippen molar-refractivity contribution in [3.63, 3.8) is 0 Å². The summed E-state index contributed by atoms with van der Waals surface area (Å²) in [5, 5.41) is 11.6. The predicted molar refractivity (Wildman–Crippen MR) is 102 cm³/mol. The van der Waals surface area contributed by atoms with Crippen molar-refractivity contribution in [3.05, 3.63) is 52.1 Å². The first kappa shape index (κ1) is 19.4. The molecule has 0 spiro atoms. The molecule has 0 amide bonds. The Hall–Kier alpha value is -2.59. The monoisotopic (exact) mass is 436 g/mol. The van der Waals surface area contributed by atoms with Gasteiger partial charge in [-0.05, 0) is 6.07 Å². The summed E-state index contributed by atoms with van der Waals surface area (Å²) in [4.78, 5) is 14.6. The van der Waals surface area contributed by atoms with Gasteiger partial charge in [-0.15, -0.1) is 0 Å². The van der Waals surface area contributed by atoms with Crippen LogP contribution in [0.3, 0.4) is 0 Å². The van der Waals surface area contributed by atoms with Crippen molar-refractivity contribution >= 4 is 13.4 Å². The lowest BCUT2D eigenvalue weighted by Gasteiger charge is -2.30. The summed E-state index contributed by atoms with van der Waals surface area (Å²) in [6.45, 7) is 3.13. The van der Waals surface area contributed by atoms with E-state index in [0.717, 1.165) is 12.3 Å². The van der Waals surface area contributed by atoms with E-state index in [-0.39, 0.29) is 29.5 Å². The van der Waals surface area contributed by atoms with E-state index in [1.54, 1.807) is 9.34 Å². The summed E-state index contributed by atoms with van der Waals surface area (Å²) in [6.07, 6.45) is 2.13. The molecule has 1 aromatic heterocycles. The van der Waals surface area contributed by atoms with Crippen LogP contribution in [-0.4, -0.2) is 52.0 Å². The van der Waals surface area contributed by atoms with Crippen LogP contribution in [0.2, 0.25) is 0 Å². The van der Waals surface area contributed by atoms with Crippen molar-refractivity contribution in [1.29, 1.82) is 0 Å². The van der Waals surface area contributed by atoms with E-state index in [1.165, 1.54) is 18.3 Å². The van der Waals surface area contributed by atoms with Crippen LogP contribution in [0.25, 0.3) is 0 Å². The number of hydrogen-bond donors (Lipinski definition) is 0. The third kappa shape index (κ3) is 3.65. The van der Waals surface area contributed by atoms with Crippen molar-refractivity contribution in [2.75, 3.05) is 32.8 Å². The molecule has 1 aromatic carbocycles. The maximum Gasteiger partial charge on any atom is 0.346 e. The second-order valence-corrected chi connectivity index (χ2v) is 9.51. The highest BCUT2D eigenvalue weighted by Gasteiger charge is 2.51. The lowest BCUT2D eigenvalue weighted by molar-refractivity contribution is -0.385. The average molecular weight is 436 g/mol. The van der Waals surface area contributed by atoms with Gasteiger partial charge in [-0.3, -0.25) is 24.2 Å². The number of rotatable bonds is 7. The number of fused-ring (bicyclic) bond motifs is 1. The van der Waals surface area contributed by atoms with Crippen molar-refractivity contribution < 1.29 is 27.9 Å². The molecule has 0 aliphatic carbocycles. The number of nitrogens with zero attached hydrogens (tertiary/aromatic N) is 4. The van der Waals surface area contributed by atoms with Gasteiger partial charge in [0.05, 0.1) is 36.1 Å². The quantitative estimate of drug-likeness (QED) is 0.279. The lowest BCUT2D eigenvalue weighted by Crippen LogP contribution is -2.19. The molecule has 3 aliphatic heterocycles. The maximum absolute atomic E-state index is 13.5. The molecule has 10 nitrogen and oxygen atoms in total. The Labute approximate surface area is 170 Å². The van der Waals surface area contributed by atoms with E-state index in [0.29, 0.717) is 38.2 Å². The molecular weight excluding hydrogens is 418 g/mol. The topological polar surface area (TPSA) is 107 Å². The Kier molecular flexibility index (Phi) is 4.70. The first-order valence-electron chi connectivity index (χ1n) is 9.47. The fraction of sp³-hybridized carbons (Fsp3) is 0.389. The Bertz CT molecular complexity index is 1040. The Balaban J connectivity index is 1.50. The Morgan fingerprint density at radius 2 is 1.93 bits per heavy atom. The Morgan fingerprint density at radius 1 is 1.20 bits per heavy atom. The van der Waals surface area contributed by atoms with Crippen LogP contribution in [0.1, 0.15) is 18.1 Å². The van der Waals surface area contributed by atoms with Crippen LogP contribution in [-0.2, 0) is 9.09 Å². The zero-order valence-electron chi connectivity index (χ0n) is 15.8. The van der Waals surface area contributed by atoms with Crippen LogP contribution >= 0.6 is 7.67 Å². The van der Waals surface area contributed by atoms with Crippen molar-refractivity contribution in [2.45, 2.75) is 12.5 Å². The summed E-state index contributed by atoms with van der Waals surface area (Å²) in [6, 6.07) is 3.78. The summed E-state index contributed by atoms with van der Waals surface area (Å²) < 4.78 is 47.7. The molecule has 2 aromatic rings. The number of halogens is 1. The van der Waals surface area contributed by atoms with E-state index < -0.39 is 24.5 Å². The minimum Gasteiger partial charge on any atom is -0.493 e. The van der Waals surface area contributed by atoms with Gasteiger partial charge in [-0.25, -0.2) is 13.7 Å². The molecule has 2 saturated heterocycles. The number of nitro benzene ring substituents is 1. The number of benzene rings is 1. The molecule has 4 heterocycles. The van der Waals surface area contributed by atoms with Gasteiger partial charge >= 0.3 is 13.4 Å². The van der Waals surface area contributed by atoms with Gasteiger partial charge < -0.3 is 9.47 Å². The SMILES string of the molecule is O=[N+]([O-])c1cc2c(cc1Oc1cncc(F)c1)C(OP(=O)(N1CC1)N1CC1)CCO2. The molecule has 30 heavy (non-hydrogen) atoms. The van der Waals surface area contributed by atoms with Gasteiger partial charge in [0.15, 0.2) is 0 Å². The number of hydrogen-bond acceptors (Lipinski definition) is 7. The highest BCUT2D eigenvalue weighted by Crippen LogP contribution is 2.64. The van der Waals surface area contributed by atoms with E-state index in [4.69, 9.17) is 14.0 Å². The van der Waals surface area contributed by atoms with Crippen LogP contribution in [0.15, 0.2) is 30.6 Å². The normalized spacial score (nSPS) is 20.9. The number of pyridine rings is 1. The number of nitro groups is 1. The molecule has 3 aliphatic rings. The largest absolute Gasteiger partial charge is 0.493 e. The standard InChI is InChI=1S/C18H18FN4O6P/c19-12-7-13(11-20-10-12)28-18-8-14-16(1-6-27-17(14)9-15(18)23(24)25)29-30(26,21-2-3-21)22-4-5-22/h7-11,16H,1-6H2. The minimum absolute atomic E-state index is 0.0195. The lowest BCUT2D eigenvalue weighted by atomic mass is 10.0. The number of aromatic nitrogens is 1. The molecular formula is C18H18FN4O6P. The highest BCUT2D eigenvalue weighted by molar-refractivity contribution is 7.54. The van der Waals surface area contributed by atoms with Gasteiger partial charge in [-0.2, -0.15) is 0 Å². The third-order valence-corrected chi connectivity index (χ3v) is 7.77. The zero-order chi connectivity index (χ0) is 20.9. The molecule has 0 radical (unpaired) electrons. The van der Waals surface area contributed by atoms with E-state index in [1.807, 2.05) is 0 Å². The first-order chi connectivity index (χ1) is 14.4. The Morgan fingerprint density at radius 3 is 2.57 bits per heavy atom. The minimum atomic E-state index is -3.11. The third-order valence-electron chi connectivity index (χ3n) is 5.01. The summed E-state index contributed by atoms with van der Waals surface area (Å²) in [5.74, 6) is -0.425. The van der Waals surface area contributed by atoms with Crippen LogP contribution < -0.4 is 9.47 Å². The van der Waals surface area contributed by atoms with Crippen LogP contribution in [0.5, 0.6) is 17.2 Å². The van der Waals surface area contributed by atoms with Crippen LogP contribution in [0, 0.1) is 15.9 Å². The molecule has 1 unspecified atom stereocenters. The van der Waals surface area contributed by atoms with E-state index in [9.17, 15) is 19.1 Å². The second-order valence-electron chi connectivity index (χ2n) is 7.18. The van der Waals surface area contributed by atoms with Gasteiger partial charge in [0.25, 0.3) is 0 Å². The molecule has 0 bridgehead atoms. The van der Waals surface area contributed by atoms with Gasteiger partial charge in [0.1, 0.15) is 17.3 Å². The molecule has 2 fully saturated rings. The summed E-state index contributed by atoms with van der Waals surface area (Å²) in [5.41, 5.74) is 0.175. The number of ether oxygens (including phenoxy) is 2. The maximum atomic E-state index is 13.5. The van der Waals surface area contributed by atoms with Gasteiger partial charge in [0.2, 0.25) is 5.75 Å². The van der Waals surface area contributed by atoms with Gasteiger partial charge in [-0.1, -0.05) is 0 Å². The smallest absolute Gasteiger partial charge is 0.346 e. The molecule has 1 atom stereocenters. The van der Waals surface area contributed by atoms with Crippen molar-refractivity contribution in [1.82, 2.24) is 14.3 Å². The fourth-order valence-electron chi connectivity index (χ4n) is 3.35. The van der Waals surface area contributed by atoms with Crippen molar-refractivity contribution in [2.24, 2.45) is 0 Å². The summed E-state index contributed by atoms with van der Waals surface area (Å²) >= 11 is 0. The average Bonchev–Trinajstić information content (AvgIpc) is 3.60. The van der Waals surface area contributed by atoms with E-state index in [2.05, 4.69) is 4.98 Å². The van der Waals surface area contributed by atoms with Crippen LogP contribution in [0.4, 0.5) is 10.1 Å². The first-order valence-corrected chi connectivity index (χ1v) is 11.0. The molecule has 0 saturated carbocycles.